The van der Waals surface area contributed by atoms with E-state index in [9.17, 15) is 4.79 Å². The predicted octanol–water partition coefficient (Wildman–Crippen LogP) is 4.14. The Labute approximate surface area is 149 Å². The third kappa shape index (κ3) is 4.32. The zero-order chi connectivity index (χ0) is 16.9. The highest BCUT2D eigenvalue weighted by molar-refractivity contribution is 8.14. The Bertz CT molecular complexity index is 584. The Hall–Kier alpha value is -1.49. The van der Waals surface area contributed by atoms with E-state index in [1.54, 1.807) is 0 Å². The third-order valence-electron chi connectivity index (χ3n) is 4.95. The number of anilines is 1. The second-order valence-corrected chi connectivity index (χ2v) is 8.17. The zero-order valence-corrected chi connectivity index (χ0v) is 15.4. The lowest BCUT2D eigenvalue weighted by Crippen LogP contribution is -2.36. The van der Waals surface area contributed by atoms with Crippen LogP contribution in [0.2, 0.25) is 0 Å². The number of amides is 1. The summed E-state index contributed by atoms with van der Waals surface area (Å²) in [6, 6.07) is 10.4. The molecule has 1 aliphatic heterocycles. The standard InChI is InChI=1S/C19H27N3OS/c1-14-17(13-18(23)20-15-9-5-3-6-10-15)22(2)19(24-14)21-16-11-7-4-8-12-16/h3,5-6,9-10,14,16-17H,4,7-8,11-13H2,1-2H3,(H,20,23). The second kappa shape index (κ2) is 8.06. The van der Waals surface area contributed by atoms with E-state index in [2.05, 4.69) is 24.2 Å². The molecule has 2 unspecified atom stereocenters. The predicted molar refractivity (Wildman–Crippen MR) is 103 cm³/mol. The summed E-state index contributed by atoms with van der Waals surface area (Å²) >= 11 is 1.82. The molecule has 1 saturated carbocycles. The molecule has 1 N–H and O–H groups in total. The van der Waals surface area contributed by atoms with Crippen LogP contribution in [0.15, 0.2) is 35.3 Å². The number of hydrogen-bond donors (Lipinski definition) is 1. The molecule has 2 atom stereocenters. The van der Waals surface area contributed by atoms with Crippen molar-refractivity contribution in [2.75, 3.05) is 12.4 Å². The van der Waals surface area contributed by atoms with Gasteiger partial charge in [0.2, 0.25) is 5.91 Å². The van der Waals surface area contributed by atoms with Crippen molar-refractivity contribution in [1.82, 2.24) is 4.90 Å². The fourth-order valence-electron chi connectivity index (χ4n) is 3.50. The third-order valence-corrected chi connectivity index (χ3v) is 6.24. The molecule has 2 aliphatic rings. The average molecular weight is 346 g/mol. The van der Waals surface area contributed by atoms with Gasteiger partial charge in [-0.25, -0.2) is 0 Å². The number of aliphatic imine (C=N–C) groups is 1. The zero-order valence-electron chi connectivity index (χ0n) is 14.6. The molecule has 24 heavy (non-hydrogen) atoms. The van der Waals surface area contributed by atoms with Gasteiger partial charge >= 0.3 is 0 Å². The summed E-state index contributed by atoms with van der Waals surface area (Å²) in [5.74, 6) is 0.0735. The van der Waals surface area contributed by atoms with Gasteiger partial charge in [-0.15, -0.1) is 0 Å². The van der Waals surface area contributed by atoms with Gasteiger partial charge in [0.05, 0.1) is 12.1 Å². The van der Waals surface area contributed by atoms with Crippen LogP contribution in [0.3, 0.4) is 0 Å². The first kappa shape index (κ1) is 17.3. The molecule has 0 radical (unpaired) electrons. The maximum Gasteiger partial charge on any atom is 0.226 e. The summed E-state index contributed by atoms with van der Waals surface area (Å²) in [6.45, 7) is 2.20. The molecule has 1 amide bonds. The van der Waals surface area contributed by atoms with Gasteiger partial charge in [0.25, 0.3) is 0 Å². The molecular formula is C19H27N3OS. The lowest BCUT2D eigenvalue weighted by Gasteiger charge is -2.24. The summed E-state index contributed by atoms with van der Waals surface area (Å²) < 4.78 is 0. The van der Waals surface area contributed by atoms with Crippen molar-refractivity contribution < 1.29 is 4.79 Å². The molecule has 2 fully saturated rings. The molecule has 0 aromatic heterocycles. The summed E-state index contributed by atoms with van der Waals surface area (Å²) in [5.41, 5.74) is 0.861. The maximum absolute atomic E-state index is 12.4. The first-order valence-corrected chi connectivity index (χ1v) is 9.83. The normalized spacial score (nSPS) is 26.8. The van der Waals surface area contributed by atoms with Gasteiger partial charge in [-0.05, 0) is 25.0 Å². The minimum absolute atomic E-state index is 0.0735. The van der Waals surface area contributed by atoms with E-state index in [-0.39, 0.29) is 11.9 Å². The van der Waals surface area contributed by atoms with E-state index < -0.39 is 0 Å². The Kier molecular flexibility index (Phi) is 5.82. The van der Waals surface area contributed by atoms with E-state index in [0.29, 0.717) is 17.7 Å². The lowest BCUT2D eigenvalue weighted by atomic mass is 9.96. The quantitative estimate of drug-likeness (QED) is 0.892. The van der Waals surface area contributed by atoms with E-state index in [1.165, 1.54) is 32.1 Å². The van der Waals surface area contributed by atoms with E-state index >= 15 is 0 Å². The number of nitrogens with zero attached hydrogens (tertiary/aromatic N) is 2. The minimum atomic E-state index is 0.0735. The van der Waals surface area contributed by atoms with Gasteiger partial charge in [0, 0.05) is 24.4 Å². The van der Waals surface area contributed by atoms with Crippen LogP contribution in [0, 0.1) is 0 Å². The van der Waals surface area contributed by atoms with Crippen LogP contribution >= 0.6 is 11.8 Å². The van der Waals surface area contributed by atoms with Crippen molar-refractivity contribution in [2.45, 2.75) is 62.8 Å². The number of amidine groups is 1. The van der Waals surface area contributed by atoms with Crippen LogP contribution in [0.4, 0.5) is 5.69 Å². The minimum Gasteiger partial charge on any atom is -0.350 e. The van der Waals surface area contributed by atoms with Crippen molar-refractivity contribution >= 4 is 28.5 Å². The van der Waals surface area contributed by atoms with Gasteiger partial charge in [-0.2, -0.15) is 0 Å². The summed E-state index contributed by atoms with van der Waals surface area (Å²) in [4.78, 5) is 19.6. The van der Waals surface area contributed by atoms with Crippen molar-refractivity contribution in [3.8, 4) is 0 Å². The topological polar surface area (TPSA) is 44.7 Å². The molecule has 5 heteroatoms. The number of thioether (sulfide) groups is 1. The number of nitrogens with one attached hydrogen (secondary N) is 1. The molecule has 1 aromatic rings. The van der Waals surface area contributed by atoms with Gasteiger partial charge in [-0.1, -0.05) is 56.1 Å². The van der Waals surface area contributed by atoms with Crippen LogP contribution in [0.1, 0.15) is 45.4 Å². The number of para-hydroxylation sites is 1. The molecule has 0 spiro atoms. The van der Waals surface area contributed by atoms with Crippen LogP contribution < -0.4 is 5.32 Å². The lowest BCUT2D eigenvalue weighted by molar-refractivity contribution is -0.117. The fraction of sp³-hybridized carbons (Fsp3) is 0.579. The van der Waals surface area contributed by atoms with Crippen LogP contribution in [-0.4, -0.2) is 40.4 Å². The first-order valence-electron chi connectivity index (χ1n) is 8.95. The second-order valence-electron chi connectivity index (χ2n) is 6.82. The molecule has 1 aliphatic carbocycles. The van der Waals surface area contributed by atoms with Crippen molar-refractivity contribution in [3.05, 3.63) is 30.3 Å². The number of carbonyl (C=O) groups excluding carboxylic acids is 1. The number of rotatable bonds is 4. The van der Waals surface area contributed by atoms with Crippen molar-refractivity contribution in [1.29, 1.82) is 0 Å². The molecule has 1 saturated heterocycles. The van der Waals surface area contributed by atoms with Gasteiger partial charge < -0.3 is 10.2 Å². The largest absolute Gasteiger partial charge is 0.350 e. The number of carbonyl (C=O) groups is 1. The molecule has 1 heterocycles. The fourth-order valence-corrected chi connectivity index (χ4v) is 4.78. The molecule has 130 valence electrons. The van der Waals surface area contributed by atoms with Gasteiger partial charge in [0.1, 0.15) is 0 Å². The summed E-state index contributed by atoms with van der Waals surface area (Å²) in [7, 11) is 2.08. The molecule has 0 bridgehead atoms. The van der Waals surface area contributed by atoms with Crippen LogP contribution in [0.5, 0.6) is 0 Å². The Balaban J connectivity index is 1.59. The maximum atomic E-state index is 12.4. The highest BCUT2D eigenvalue weighted by atomic mass is 32.2. The van der Waals surface area contributed by atoms with Gasteiger partial charge in [-0.3, -0.25) is 9.79 Å². The van der Waals surface area contributed by atoms with E-state index in [4.69, 9.17) is 4.99 Å². The Morgan fingerprint density at radius 1 is 1.25 bits per heavy atom. The summed E-state index contributed by atoms with van der Waals surface area (Å²) in [5, 5.41) is 4.50. The van der Waals surface area contributed by atoms with Crippen molar-refractivity contribution in [2.24, 2.45) is 4.99 Å². The average Bonchev–Trinajstić information content (AvgIpc) is 2.84. The number of benzene rings is 1. The molecule has 1 aromatic carbocycles. The Morgan fingerprint density at radius 2 is 1.96 bits per heavy atom. The SMILES string of the molecule is CC1SC(=NC2CCCCC2)N(C)C1CC(=O)Nc1ccccc1. The Morgan fingerprint density at radius 3 is 2.67 bits per heavy atom. The van der Waals surface area contributed by atoms with Crippen molar-refractivity contribution in [3.63, 3.8) is 0 Å². The summed E-state index contributed by atoms with van der Waals surface area (Å²) in [6.07, 6.45) is 6.88. The van der Waals surface area contributed by atoms with Gasteiger partial charge in [0.15, 0.2) is 5.17 Å². The molecule has 3 rings (SSSR count). The highest BCUT2D eigenvalue weighted by Gasteiger charge is 2.35. The van der Waals surface area contributed by atoms with E-state index in [1.807, 2.05) is 42.1 Å². The number of hydrogen-bond acceptors (Lipinski definition) is 3. The monoisotopic (exact) mass is 345 g/mol. The van der Waals surface area contributed by atoms with Crippen LogP contribution in [-0.2, 0) is 4.79 Å². The van der Waals surface area contributed by atoms with E-state index in [0.717, 1.165) is 10.9 Å². The smallest absolute Gasteiger partial charge is 0.226 e. The highest BCUT2D eigenvalue weighted by Crippen LogP contribution is 2.33. The molecular weight excluding hydrogens is 318 g/mol. The molecule has 4 nitrogen and oxygen atoms in total. The first-order chi connectivity index (χ1) is 11.6. The van der Waals surface area contributed by atoms with Crippen LogP contribution in [0.25, 0.3) is 0 Å².